The van der Waals surface area contributed by atoms with Crippen molar-refractivity contribution in [3.05, 3.63) is 200 Å². The summed E-state index contributed by atoms with van der Waals surface area (Å²) < 4.78 is 6.30. The van der Waals surface area contributed by atoms with Gasteiger partial charge in [0, 0.05) is 27.7 Å². The van der Waals surface area contributed by atoms with Gasteiger partial charge in [0.2, 0.25) is 0 Å². The van der Waals surface area contributed by atoms with Gasteiger partial charge in [0.1, 0.15) is 11.3 Å². The second-order valence-electron chi connectivity index (χ2n) is 12.5. The summed E-state index contributed by atoms with van der Waals surface area (Å²) in [6.07, 6.45) is 0. The number of fused-ring (bicyclic) bond motifs is 2. The summed E-state index contributed by atoms with van der Waals surface area (Å²) in [5.41, 5.74) is 12.4. The van der Waals surface area contributed by atoms with Crippen molar-refractivity contribution >= 4 is 38.8 Å². The highest BCUT2D eigenvalue weighted by Gasteiger charge is 2.18. The Morgan fingerprint density at radius 3 is 1.46 bits per heavy atom. The molecule has 8 aromatic carbocycles. The van der Waals surface area contributed by atoms with E-state index in [0.29, 0.717) is 0 Å². The van der Waals surface area contributed by atoms with Crippen molar-refractivity contribution < 1.29 is 4.42 Å². The normalized spacial score (nSPS) is 11.2. The van der Waals surface area contributed by atoms with Crippen LogP contribution in [0.2, 0.25) is 0 Å². The Labute approximate surface area is 292 Å². The van der Waals surface area contributed by atoms with Gasteiger partial charge in [-0.1, -0.05) is 158 Å². The zero-order valence-corrected chi connectivity index (χ0v) is 27.4. The first-order valence-corrected chi connectivity index (χ1v) is 17.0. The van der Waals surface area contributed by atoms with E-state index in [1.165, 1.54) is 33.0 Å². The van der Waals surface area contributed by atoms with E-state index in [1.807, 2.05) is 18.2 Å². The van der Waals surface area contributed by atoms with Crippen molar-refractivity contribution in [3.63, 3.8) is 0 Å². The zero-order valence-electron chi connectivity index (χ0n) is 27.4. The van der Waals surface area contributed by atoms with Gasteiger partial charge in [-0.25, -0.2) is 0 Å². The highest BCUT2D eigenvalue weighted by Crippen LogP contribution is 2.42. The van der Waals surface area contributed by atoms with Gasteiger partial charge in [-0.3, -0.25) is 0 Å². The van der Waals surface area contributed by atoms with Gasteiger partial charge in [0.25, 0.3) is 0 Å². The Hall–Kier alpha value is -6.64. The molecule has 0 bridgehead atoms. The van der Waals surface area contributed by atoms with Gasteiger partial charge in [0.05, 0.1) is 5.69 Å². The summed E-state index contributed by atoms with van der Waals surface area (Å²) in [5, 5.41) is 3.51. The molecule has 0 unspecified atom stereocenters. The first kappa shape index (κ1) is 29.5. The largest absolute Gasteiger partial charge is 0.456 e. The van der Waals surface area contributed by atoms with Gasteiger partial charge >= 0.3 is 0 Å². The fourth-order valence-electron chi connectivity index (χ4n) is 7.08. The van der Waals surface area contributed by atoms with Gasteiger partial charge in [0.15, 0.2) is 0 Å². The number of benzene rings is 8. The predicted molar refractivity (Wildman–Crippen MR) is 210 cm³/mol. The van der Waals surface area contributed by atoms with Gasteiger partial charge < -0.3 is 9.32 Å². The van der Waals surface area contributed by atoms with Crippen LogP contribution >= 0.6 is 0 Å². The number of furan rings is 1. The van der Waals surface area contributed by atoms with Crippen molar-refractivity contribution in [1.29, 1.82) is 0 Å². The Bertz CT molecular complexity index is 2540. The summed E-state index contributed by atoms with van der Waals surface area (Å²) >= 11 is 0. The standard InChI is InChI=1S/C48H33NO/c1-2-13-34(14-3-1)41-18-7-8-19-42(41)36-25-29-39(30-26-36)49(46-23-12-17-35-15-4-6-21-44(35)46)40-31-27-37(28-32-40)43-20-9-10-22-45(43)48-33-38-16-5-11-24-47(38)50-48/h1-33H. The van der Waals surface area contributed by atoms with Crippen LogP contribution in [0.5, 0.6) is 0 Å². The zero-order chi connectivity index (χ0) is 33.3. The summed E-state index contributed by atoms with van der Waals surface area (Å²) in [5.74, 6) is 0.872. The fourth-order valence-corrected chi connectivity index (χ4v) is 7.08. The fraction of sp³-hybridized carbons (Fsp3) is 0. The topological polar surface area (TPSA) is 16.4 Å². The molecule has 9 aromatic rings. The molecule has 2 nitrogen and oxygen atoms in total. The average molecular weight is 640 g/mol. The summed E-state index contributed by atoms with van der Waals surface area (Å²) in [4.78, 5) is 2.37. The lowest BCUT2D eigenvalue weighted by Gasteiger charge is -2.27. The number of hydrogen-bond donors (Lipinski definition) is 0. The Balaban J connectivity index is 1.13. The van der Waals surface area contributed by atoms with E-state index in [1.54, 1.807) is 0 Å². The molecule has 0 radical (unpaired) electrons. The molecule has 9 rings (SSSR count). The molecule has 0 N–H and O–H groups in total. The highest BCUT2D eigenvalue weighted by atomic mass is 16.3. The van der Waals surface area contributed by atoms with Crippen LogP contribution in [0.15, 0.2) is 205 Å². The first-order valence-electron chi connectivity index (χ1n) is 17.0. The van der Waals surface area contributed by atoms with Crippen LogP contribution in [-0.2, 0) is 0 Å². The molecule has 0 fully saturated rings. The quantitative estimate of drug-likeness (QED) is 0.173. The van der Waals surface area contributed by atoms with Crippen LogP contribution in [0.3, 0.4) is 0 Å². The first-order chi connectivity index (χ1) is 24.8. The number of anilines is 3. The number of nitrogens with zero attached hydrogens (tertiary/aromatic N) is 1. The van der Waals surface area contributed by atoms with Crippen LogP contribution < -0.4 is 4.90 Å². The van der Waals surface area contributed by atoms with Gasteiger partial charge in [-0.2, -0.15) is 0 Å². The Kier molecular flexibility index (Phi) is 7.53. The Morgan fingerprint density at radius 2 is 0.820 bits per heavy atom. The molecule has 236 valence electrons. The second kappa shape index (κ2) is 12.8. The molecular formula is C48H33NO. The molecule has 0 aliphatic carbocycles. The van der Waals surface area contributed by atoms with E-state index >= 15 is 0 Å². The second-order valence-corrected chi connectivity index (χ2v) is 12.5. The predicted octanol–water partition coefficient (Wildman–Crippen LogP) is 13.7. The van der Waals surface area contributed by atoms with Crippen LogP contribution in [0.1, 0.15) is 0 Å². The number of rotatable bonds is 7. The minimum Gasteiger partial charge on any atom is -0.456 e. The third-order valence-electron chi connectivity index (χ3n) is 9.51. The summed E-state index contributed by atoms with van der Waals surface area (Å²) in [6.45, 7) is 0. The summed E-state index contributed by atoms with van der Waals surface area (Å²) in [6, 6.07) is 71.0. The maximum atomic E-state index is 6.30. The lowest BCUT2D eigenvalue weighted by atomic mass is 9.94. The highest BCUT2D eigenvalue weighted by molar-refractivity contribution is 5.99. The maximum absolute atomic E-state index is 6.30. The van der Waals surface area contributed by atoms with Crippen molar-refractivity contribution in [2.45, 2.75) is 0 Å². The van der Waals surface area contributed by atoms with Crippen molar-refractivity contribution in [2.75, 3.05) is 4.90 Å². The number of hydrogen-bond acceptors (Lipinski definition) is 2. The van der Waals surface area contributed by atoms with Crippen molar-refractivity contribution in [3.8, 4) is 44.7 Å². The van der Waals surface area contributed by atoms with E-state index in [-0.39, 0.29) is 0 Å². The minimum atomic E-state index is 0.872. The van der Waals surface area contributed by atoms with Crippen LogP contribution in [0.25, 0.3) is 66.4 Å². The molecule has 2 heteroatoms. The minimum absolute atomic E-state index is 0.872. The average Bonchev–Trinajstić information content (AvgIpc) is 3.64. The lowest BCUT2D eigenvalue weighted by Crippen LogP contribution is -2.10. The van der Waals surface area contributed by atoms with Gasteiger partial charge in [-0.05, 0) is 81.2 Å². The van der Waals surface area contributed by atoms with E-state index < -0.39 is 0 Å². The van der Waals surface area contributed by atoms with Crippen molar-refractivity contribution in [2.24, 2.45) is 0 Å². The van der Waals surface area contributed by atoms with E-state index in [9.17, 15) is 0 Å². The van der Waals surface area contributed by atoms with Crippen LogP contribution in [-0.4, -0.2) is 0 Å². The molecule has 1 heterocycles. The summed E-state index contributed by atoms with van der Waals surface area (Å²) in [7, 11) is 0. The monoisotopic (exact) mass is 639 g/mol. The number of para-hydroxylation sites is 1. The molecule has 0 aliphatic heterocycles. The molecule has 0 aliphatic rings. The molecule has 0 saturated heterocycles. The maximum Gasteiger partial charge on any atom is 0.136 e. The van der Waals surface area contributed by atoms with Crippen molar-refractivity contribution in [1.82, 2.24) is 0 Å². The van der Waals surface area contributed by atoms with E-state index in [2.05, 4.69) is 187 Å². The van der Waals surface area contributed by atoms with E-state index in [0.717, 1.165) is 50.5 Å². The van der Waals surface area contributed by atoms with Crippen LogP contribution in [0.4, 0.5) is 17.1 Å². The van der Waals surface area contributed by atoms with Gasteiger partial charge in [-0.15, -0.1) is 0 Å². The Morgan fingerprint density at radius 1 is 0.340 bits per heavy atom. The lowest BCUT2D eigenvalue weighted by molar-refractivity contribution is 0.632. The molecular weight excluding hydrogens is 607 g/mol. The SMILES string of the molecule is c1ccc(-c2ccccc2-c2ccc(N(c3ccc(-c4ccccc4-c4cc5ccccc5o4)cc3)c3cccc4ccccc34)cc2)cc1. The smallest absolute Gasteiger partial charge is 0.136 e. The third-order valence-corrected chi connectivity index (χ3v) is 9.51. The molecule has 0 saturated carbocycles. The molecule has 0 atom stereocenters. The van der Waals surface area contributed by atoms with Crippen LogP contribution in [0, 0.1) is 0 Å². The molecule has 1 aromatic heterocycles. The third kappa shape index (κ3) is 5.43. The van der Waals surface area contributed by atoms with E-state index in [4.69, 9.17) is 4.42 Å². The molecule has 50 heavy (non-hydrogen) atoms. The molecule has 0 spiro atoms. The molecule has 0 amide bonds.